The molecule has 5 atom stereocenters. The van der Waals surface area contributed by atoms with Gasteiger partial charge in [0.15, 0.2) is 0 Å². The first-order chi connectivity index (χ1) is 20.9. The molecule has 0 aromatic heterocycles. The monoisotopic (exact) mass is 638 g/mol. The predicted octanol–water partition coefficient (Wildman–Crippen LogP) is 9.12. The number of ether oxygens (including phenoxy) is 2. The third-order valence-electron chi connectivity index (χ3n) is 10.8. The zero-order chi connectivity index (χ0) is 35.1. The Labute approximate surface area is 279 Å². The molecular weight excluding hydrogens is 562 g/mol. The number of hydrogen-bond acceptors (Lipinski definition) is 5. The highest BCUT2D eigenvalue weighted by atomic mass is 16.5. The molecule has 0 aromatic carbocycles. The van der Waals surface area contributed by atoms with Crippen LogP contribution in [0.5, 0.6) is 0 Å². The quantitative estimate of drug-likeness (QED) is 0.0916. The minimum atomic E-state index is -0.753. The van der Waals surface area contributed by atoms with Crippen molar-refractivity contribution in [2.45, 2.75) is 208 Å². The summed E-state index contributed by atoms with van der Waals surface area (Å²) in [5.41, 5.74) is 4.93. The van der Waals surface area contributed by atoms with E-state index in [0.717, 1.165) is 56.9 Å². The van der Waals surface area contributed by atoms with Crippen LogP contribution in [-0.2, 0) is 19.1 Å². The van der Waals surface area contributed by atoms with Gasteiger partial charge in [0.05, 0.1) is 17.3 Å². The summed E-state index contributed by atoms with van der Waals surface area (Å²) in [6.45, 7) is 27.1. The van der Waals surface area contributed by atoms with E-state index in [9.17, 15) is 9.59 Å². The lowest BCUT2D eigenvalue weighted by atomic mass is 9.75. The van der Waals surface area contributed by atoms with Crippen LogP contribution in [0.3, 0.4) is 0 Å². The summed E-state index contributed by atoms with van der Waals surface area (Å²) in [4.78, 5) is 28.7. The summed E-state index contributed by atoms with van der Waals surface area (Å²) in [5.74, 6) is -0.459. The van der Waals surface area contributed by atoms with Gasteiger partial charge in [-0.1, -0.05) is 88.0 Å². The maximum absolute atomic E-state index is 14.4. The lowest BCUT2D eigenvalue weighted by molar-refractivity contribution is -0.143. The molecule has 0 heterocycles. The molecule has 45 heavy (non-hydrogen) atoms. The molecule has 0 radical (unpaired) electrons. The van der Waals surface area contributed by atoms with E-state index in [1.807, 2.05) is 27.7 Å². The van der Waals surface area contributed by atoms with Gasteiger partial charge in [-0.25, -0.2) is 0 Å². The second kappa shape index (κ2) is 19.4. The second-order valence-electron chi connectivity index (χ2n) is 14.9. The Kier molecular flexibility index (Phi) is 18.8. The van der Waals surface area contributed by atoms with E-state index in [0.29, 0.717) is 38.5 Å². The van der Waals surface area contributed by atoms with Gasteiger partial charge in [0.25, 0.3) is 5.91 Å². The van der Waals surface area contributed by atoms with Gasteiger partial charge in [-0.3, -0.25) is 9.59 Å². The summed E-state index contributed by atoms with van der Waals surface area (Å²) in [6, 6.07) is 0. The van der Waals surface area contributed by atoms with Crippen molar-refractivity contribution in [3.63, 3.8) is 0 Å². The first kappa shape index (κ1) is 43.6. The van der Waals surface area contributed by atoms with Gasteiger partial charge < -0.3 is 25.8 Å². The molecule has 0 bridgehead atoms. The van der Waals surface area contributed by atoms with E-state index in [1.54, 1.807) is 7.11 Å². The summed E-state index contributed by atoms with van der Waals surface area (Å²) in [6.07, 6.45) is 12.1. The van der Waals surface area contributed by atoms with Crippen molar-refractivity contribution < 1.29 is 19.1 Å². The van der Waals surface area contributed by atoms with Gasteiger partial charge in [0, 0.05) is 23.6 Å². The Hall–Kier alpha value is -1.44. The largest absolute Gasteiger partial charge is 0.378 e. The topological polar surface area (TPSA) is 103 Å². The molecule has 0 saturated heterocycles. The summed E-state index contributed by atoms with van der Waals surface area (Å²) >= 11 is 0. The maximum atomic E-state index is 14.4. The van der Waals surface area contributed by atoms with Gasteiger partial charge >= 0.3 is 0 Å². The smallest absolute Gasteiger partial charge is 0.268 e. The first-order valence-electron chi connectivity index (χ1n) is 18.3. The zero-order valence-corrected chi connectivity index (χ0v) is 32.2. The molecule has 7 nitrogen and oxygen atoms in total. The van der Waals surface area contributed by atoms with E-state index in [1.165, 1.54) is 0 Å². The Morgan fingerprint density at radius 2 is 1.27 bits per heavy atom. The number of unbranched alkanes of at least 4 members (excludes halogenated alkanes) is 2. The number of carbonyl (C=O) groups excluding carboxylic acids is 2. The third-order valence-corrected chi connectivity index (χ3v) is 10.8. The SMILES string of the molecule is CCCCC(CCCC)OC(C)(CC)CC(C)(CC)C(=O)N/C(C(=O)NC(C)(CC)CC(C)(CC)OC)=C(\CC)C(C)(N)CC. The number of nitrogens with two attached hydrogens (primary N) is 1. The van der Waals surface area contributed by atoms with Crippen molar-refractivity contribution in [2.24, 2.45) is 11.1 Å². The number of rotatable bonds is 24. The Balaban J connectivity index is 6.64. The molecule has 0 aliphatic heterocycles. The van der Waals surface area contributed by atoms with Crippen LogP contribution in [0.4, 0.5) is 0 Å². The molecule has 0 aromatic rings. The van der Waals surface area contributed by atoms with Crippen molar-refractivity contribution in [2.75, 3.05) is 7.11 Å². The van der Waals surface area contributed by atoms with Crippen molar-refractivity contribution in [1.82, 2.24) is 10.6 Å². The number of amides is 2. The van der Waals surface area contributed by atoms with E-state index in [4.69, 9.17) is 15.2 Å². The van der Waals surface area contributed by atoms with Gasteiger partial charge in [-0.05, 0) is 97.5 Å². The second-order valence-corrected chi connectivity index (χ2v) is 14.9. The van der Waals surface area contributed by atoms with E-state index in [2.05, 4.69) is 72.9 Å². The fraction of sp³-hybridized carbons (Fsp3) is 0.895. The highest BCUT2D eigenvalue weighted by molar-refractivity contribution is 6.00. The molecule has 4 N–H and O–H groups in total. The van der Waals surface area contributed by atoms with Gasteiger partial charge in [0.1, 0.15) is 5.70 Å². The molecule has 2 amide bonds. The number of methoxy groups -OCH3 is 1. The highest BCUT2D eigenvalue weighted by Gasteiger charge is 2.43. The normalized spacial score (nSPS) is 19.4. The molecular formula is C38H75N3O4. The van der Waals surface area contributed by atoms with E-state index < -0.39 is 22.1 Å². The van der Waals surface area contributed by atoms with Crippen LogP contribution in [0.15, 0.2) is 11.3 Å². The zero-order valence-electron chi connectivity index (χ0n) is 32.2. The Morgan fingerprint density at radius 3 is 1.64 bits per heavy atom. The first-order valence-corrected chi connectivity index (χ1v) is 18.3. The molecule has 266 valence electrons. The molecule has 0 fully saturated rings. The molecule has 0 saturated carbocycles. The predicted molar refractivity (Wildman–Crippen MR) is 191 cm³/mol. The van der Waals surface area contributed by atoms with Crippen molar-refractivity contribution in [3.05, 3.63) is 11.3 Å². The van der Waals surface area contributed by atoms with E-state index in [-0.39, 0.29) is 29.2 Å². The average Bonchev–Trinajstić information content (AvgIpc) is 3.01. The lowest BCUT2D eigenvalue weighted by Gasteiger charge is -2.41. The highest BCUT2D eigenvalue weighted by Crippen LogP contribution is 2.38. The van der Waals surface area contributed by atoms with Crippen molar-refractivity contribution in [1.29, 1.82) is 0 Å². The minimum Gasteiger partial charge on any atom is -0.378 e. The summed E-state index contributed by atoms with van der Waals surface area (Å²) < 4.78 is 12.7. The third kappa shape index (κ3) is 13.3. The van der Waals surface area contributed by atoms with Gasteiger partial charge in [-0.2, -0.15) is 0 Å². The van der Waals surface area contributed by atoms with Crippen LogP contribution in [0.1, 0.15) is 180 Å². The number of hydrogen-bond donors (Lipinski definition) is 3. The number of carbonyl (C=O) groups is 2. The molecule has 0 spiro atoms. The van der Waals surface area contributed by atoms with Crippen LogP contribution in [0, 0.1) is 5.41 Å². The van der Waals surface area contributed by atoms with Gasteiger partial charge in [-0.15, -0.1) is 0 Å². The average molecular weight is 638 g/mol. The van der Waals surface area contributed by atoms with Crippen LogP contribution in [0.2, 0.25) is 0 Å². The fourth-order valence-electron chi connectivity index (χ4n) is 6.34. The van der Waals surface area contributed by atoms with Crippen LogP contribution < -0.4 is 16.4 Å². The minimum absolute atomic E-state index is 0.163. The number of nitrogens with one attached hydrogen (secondary N) is 2. The van der Waals surface area contributed by atoms with E-state index >= 15 is 0 Å². The van der Waals surface area contributed by atoms with Crippen LogP contribution in [0.25, 0.3) is 0 Å². The van der Waals surface area contributed by atoms with Crippen LogP contribution in [-0.4, -0.2) is 47.3 Å². The Morgan fingerprint density at radius 1 is 0.733 bits per heavy atom. The molecule has 0 rings (SSSR count). The maximum Gasteiger partial charge on any atom is 0.268 e. The van der Waals surface area contributed by atoms with Crippen LogP contribution >= 0.6 is 0 Å². The molecule has 5 unspecified atom stereocenters. The van der Waals surface area contributed by atoms with Crippen molar-refractivity contribution in [3.8, 4) is 0 Å². The van der Waals surface area contributed by atoms with Gasteiger partial charge in [0.2, 0.25) is 5.91 Å². The lowest BCUT2D eigenvalue weighted by Crippen LogP contribution is -2.54. The molecule has 0 aliphatic carbocycles. The standard InChI is InChI=1S/C38H75N3O4/c1-15-23-25-29(26-24-16-2)45-37(12,21-7)27-34(9,18-4)33(43)40-31(30(17-3)38(13,39)22-8)32(42)41-35(10,19-5)28-36(11,20-6)44-14/h29H,15-28,39H2,1-14H3,(H,40,43)(H,41,42)/b31-30+. The fourth-order valence-corrected chi connectivity index (χ4v) is 6.34. The molecule has 7 heteroatoms. The molecule has 0 aliphatic rings. The summed E-state index contributed by atoms with van der Waals surface area (Å²) in [5, 5.41) is 6.47. The Bertz CT molecular complexity index is 920. The summed E-state index contributed by atoms with van der Waals surface area (Å²) in [7, 11) is 1.72. The van der Waals surface area contributed by atoms with Crippen molar-refractivity contribution >= 4 is 11.8 Å².